The molecule has 0 aliphatic heterocycles. The molecule has 20 heavy (non-hydrogen) atoms. The first kappa shape index (κ1) is 20.0. The lowest BCUT2D eigenvalue weighted by atomic mass is 9.88. The lowest BCUT2D eigenvalue weighted by Crippen LogP contribution is -2.36. The third-order valence-corrected chi connectivity index (χ3v) is 4.61. The van der Waals surface area contributed by atoms with Gasteiger partial charge in [-0.15, -0.1) is 0 Å². The molecule has 0 aliphatic carbocycles. The Bertz CT molecular complexity index is 179. The van der Waals surface area contributed by atoms with Gasteiger partial charge < -0.3 is 5.32 Å². The van der Waals surface area contributed by atoms with Gasteiger partial charge in [0.25, 0.3) is 0 Å². The van der Waals surface area contributed by atoms with E-state index in [1.54, 1.807) is 0 Å². The van der Waals surface area contributed by atoms with E-state index in [1.165, 1.54) is 77.0 Å². The van der Waals surface area contributed by atoms with Crippen molar-refractivity contribution < 1.29 is 0 Å². The van der Waals surface area contributed by atoms with Crippen molar-refractivity contribution in [1.82, 2.24) is 5.32 Å². The Balaban J connectivity index is 3.81. The molecule has 0 aromatic rings. The van der Waals surface area contributed by atoms with Crippen molar-refractivity contribution in [2.45, 2.75) is 111 Å². The fourth-order valence-electron chi connectivity index (χ4n) is 3.24. The van der Waals surface area contributed by atoms with Gasteiger partial charge in [0, 0.05) is 6.04 Å². The molecule has 1 N–H and O–H groups in total. The summed E-state index contributed by atoms with van der Waals surface area (Å²) in [4.78, 5) is 0. The third-order valence-electron chi connectivity index (χ3n) is 4.61. The topological polar surface area (TPSA) is 12.0 Å². The third kappa shape index (κ3) is 10.7. The molecule has 0 aromatic heterocycles. The van der Waals surface area contributed by atoms with Crippen molar-refractivity contribution in [3.63, 3.8) is 0 Å². The molecular weight excluding hydrogens is 242 g/mol. The summed E-state index contributed by atoms with van der Waals surface area (Å²) in [5.74, 6) is 0.898. The van der Waals surface area contributed by atoms with Crippen LogP contribution in [-0.4, -0.2) is 12.6 Å². The Hall–Kier alpha value is -0.0400. The van der Waals surface area contributed by atoms with Gasteiger partial charge in [-0.2, -0.15) is 0 Å². The van der Waals surface area contributed by atoms with Crippen LogP contribution in [0.3, 0.4) is 0 Å². The van der Waals surface area contributed by atoms with Gasteiger partial charge in [0.1, 0.15) is 0 Å². The standard InChI is InChI=1S/C19H41N/c1-5-9-11-12-13-14-15-17-19(20-8-4)18(7-3)16-10-6-2/h18-20H,5-17H2,1-4H3. The zero-order valence-electron chi connectivity index (χ0n) is 14.8. The molecule has 0 spiro atoms. The maximum Gasteiger partial charge on any atom is 0.00951 e. The van der Waals surface area contributed by atoms with Crippen molar-refractivity contribution in [1.29, 1.82) is 0 Å². The SMILES string of the molecule is CCCCCCCCCC(NCC)C(CC)CCCC. The van der Waals surface area contributed by atoms with Crippen LogP contribution in [0.5, 0.6) is 0 Å². The van der Waals surface area contributed by atoms with E-state index in [4.69, 9.17) is 0 Å². The molecular formula is C19H41N. The maximum absolute atomic E-state index is 3.75. The van der Waals surface area contributed by atoms with Crippen LogP contribution in [0.4, 0.5) is 0 Å². The van der Waals surface area contributed by atoms with Gasteiger partial charge >= 0.3 is 0 Å². The quantitative estimate of drug-likeness (QED) is 0.347. The van der Waals surface area contributed by atoms with Crippen molar-refractivity contribution in [2.24, 2.45) is 5.92 Å². The van der Waals surface area contributed by atoms with Crippen molar-refractivity contribution in [3.05, 3.63) is 0 Å². The Morgan fingerprint density at radius 1 is 0.650 bits per heavy atom. The van der Waals surface area contributed by atoms with E-state index in [9.17, 15) is 0 Å². The summed E-state index contributed by atoms with van der Waals surface area (Å²) >= 11 is 0. The highest BCUT2D eigenvalue weighted by molar-refractivity contribution is 4.75. The second kappa shape index (κ2) is 15.4. The number of rotatable bonds is 15. The Labute approximate surface area is 129 Å². The minimum Gasteiger partial charge on any atom is -0.314 e. The molecule has 0 aliphatic rings. The molecule has 0 heterocycles. The molecule has 0 amide bonds. The number of nitrogens with one attached hydrogen (secondary N) is 1. The second-order valence-corrected chi connectivity index (χ2v) is 6.38. The van der Waals surface area contributed by atoms with Crippen LogP contribution in [0.15, 0.2) is 0 Å². The van der Waals surface area contributed by atoms with Gasteiger partial charge in [-0.3, -0.25) is 0 Å². The first-order valence-corrected chi connectivity index (χ1v) is 9.53. The maximum atomic E-state index is 3.75. The molecule has 2 unspecified atom stereocenters. The minimum atomic E-state index is 0.771. The largest absolute Gasteiger partial charge is 0.314 e. The first-order valence-electron chi connectivity index (χ1n) is 9.53. The second-order valence-electron chi connectivity index (χ2n) is 6.38. The van der Waals surface area contributed by atoms with Crippen LogP contribution < -0.4 is 5.32 Å². The molecule has 0 aromatic carbocycles. The van der Waals surface area contributed by atoms with Gasteiger partial charge in [-0.25, -0.2) is 0 Å². The van der Waals surface area contributed by atoms with Gasteiger partial charge in [0.15, 0.2) is 0 Å². The van der Waals surface area contributed by atoms with E-state index in [-0.39, 0.29) is 0 Å². The van der Waals surface area contributed by atoms with Gasteiger partial charge in [0.2, 0.25) is 0 Å². The fraction of sp³-hybridized carbons (Fsp3) is 1.00. The molecule has 0 radical (unpaired) electrons. The predicted molar refractivity (Wildman–Crippen MR) is 93.4 cm³/mol. The van der Waals surface area contributed by atoms with Crippen molar-refractivity contribution in [3.8, 4) is 0 Å². The Kier molecular flexibility index (Phi) is 15.3. The molecule has 1 nitrogen and oxygen atoms in total. The van der Waals surface area contributed by atoms with Crippen LogP contribution in [-0.2, 0) is 0 Å². The van der Waals surface area contributed by atoms with Crippen molar-refractivity contribution >= 4 is 0 Å². The molecule has 1 heteroatoms. The van der Waals surface area contributed by atoms with Crippen LogP contribution in [0.25, 0.3) is 0 Å². The normalized spacial score (nSPS) is 14.4. The summed E-state index contributed by atoms with van der Waals surface area (Å²) in [7, 11) is 0. The highest BCUT2D eigenvalue weighted by Crippen LogP contribution is 2.21. The summed E-state index contributed by atoms with van der Waals surface area (Å²) in [6.45, 7) is 10.4. The lowest BCUT2D eigenvalue weighted by molar-refractivity contribution is 0.299. The zero-order valence-corrected chi connectivity index (χ0v) is 14.8. The van der Waals surface area contributed by atoms with Gasteiger partial charge in [0.05, 0.1) is 0 Å². The molecule has 0 fully saturated rings. The first-order chi connectivity index (χ1) is 9.79. The minimum absolute atomic E-state index is 0.771. The smallest absolute Gasteiger partial charge is 0.00951 e. The summed E-state index contributed by atoms with van der Waals surface area (Å²) in [5.41, 5.74) is 0. The average molecular weight is 284 g/mol. The van der Waals surface area contributed by atoms with E-state index in [0.717, 1.165) is 18.5 Å². The van der Waals surface area contributed by atoms with Crippen molar-refractivity contribution in [2.75, 3.05) is 6.54 Å². The summed E-state index contributed by atoms with van der Waals surface area (Å²) < 4.78 is 0. The number of hydrogen-bond donors (Lipinski definition) is 1. The molecule has 2 atom stereocenters. The highest BCUT2D eigenvalue weighted by Gasteiger charge is 2.17. The summed E-state index contributed by atoms with van der Waals surface area (Å²) in [5, 5.41) is 3.75. The van der Waals surface area contributed by atoms with Crippen LogP contribution in [0.1, 0.15) is 105 Å². The van der Waals surface area contributed by atoms with E-state index >= 15 is 0 Å². The monoisotopic (exact) mass is 283 g/mol. The molecule has 0 saturated heterocycles. The Morgan fingerprint density at radius 2 is 1.25 bits per heavy atom. The highest BCUT2D eigenvalue weighted by atomic mass is 14.9. The summed E-state index contributed by atoms with van der Waals surface area (Å²) in [6.07, 6.45) is 16.9. The predicted octanol–water partition coefficient (Wildman–Crippen LogP) is 6.32. The molecule has 122 valence electrons. The van der Waals surface area contributed by atoms with E-state index in [2.05, 4.69) is 33.0 Å². The fourth-order valence-corrected chi connectivity index (χ4v) is 3.24. The van der Waals surface area contributed by atoms with E-state index in [1.807, 2.05) is 0 Å². The van der Waals surface area contributed by atoms with Crippen LogP contribution >= 0.6 is 0 Å². The number of unbranched alkanes of at least 4 members (excludes halogenated alkanes) is 7. The van der Waals surface area contributed by atoms with Gasteiger partial charge in [-0.05, 0) is 25.3 Å². The molecule has 0 rings (SSSR count). The molecule has 0 bridgehead atoms. The van der Waals surface area contributed by atoms with E-state index < -0.39 is 0 Å². The Morgan fingerprint density at radius 3 is 1.80 bits per heavy atom. The number of hydrogen-bond acceptors (Lipinski definition) is 1. The average Bonchev–Trinajstić information content (AvgIpc) is 2.46. The van der Waals surface area contributed by atoms with E-state index in [0.29, 0.717) is 0 Å². The summed E-state index contributed by atoms with van der Waals surface area (Å²) in [6, 6.07) is 0.771. The van der Waals surface area contributed by atoms with Crippen LogP contribution in [0, 0.1) is 5.92 Å². The van der Waals surface area contributed by atoms with Crippen LogP contribution in [0.2, 0.25) is 0 Å². The van der Waals surface area contributed by atoms with Gasteiger partial charge in [-0.1, -0.05) is 91.9 Å². The lowest BCUT2D eigenvalue weighted by Gasteiger charge is -2.27. The molecule has 0 saturated carbocycles. The zero-order chi connectivity index (χ0) is 15.1.